The van der Waals surface area contributed by atoms with Crippen LogP contribution in [0.1, 0.15) is 530 Å². The van der Waals surface area contributed by atoms with Crippen molar-refractivity contribution in [1.29, 1.82) is 0 Å². The van der Waals surface area contributed by atoms with Crippen molar-refractivity contribution in [2.75, 3.05) is 0 Å². The lowest BCUT2D eigenvalue weighted by molar-refractivity contribution is 0.462. The smallest absolute Gasteiger partial charge is 0.0827 e. The molecule has 0 aliphatic carbocycles. The van der Waals surface area contributed by atoms with E-state index in [4.69, 9.17) is 0 Å². The third kappa shape index (κ3) is 82.6. The van der Waals surface area contributed by atoms with Crippen LogP contribution in [-0.4, -0.2) is 120 Å². The van der Waals surface area contributed by atoms with Gasteiger partial charge in [-0.2, -0.15) is 0 Å². The maximum atomic E-state index is 4.23. The van der Waals surface area contributed by atoms with Gasteiger partial charge in [0.1, 0.15) is 0 Å². The second-order valence-corrected chi connectivity index (χ2v) is 49.5. The molecule has 0 aliphatic rings. The summed E-state index contributed by atoms with van der Waals surface area (Å²) in [4.78, 5) is 0. The Morgan fingerprint density at radius 3 is 0.641 bits per heavy atom. The lowest BCUT2D eigenvalue weighted by atomic mass is 10.0. The van der Waals surface area contributed by atoms with Gasteiger partial charge in [-0.1, -0.05) is 424 Å². The van der Waals surface area contributed by atoms with Crippen LogP contribution in [0.3, 0.4) is 0 Å². The van der Waals surface area contributed by atoms with Gasteiger partial charge in [0, 0.05) is 77.1 Å². The molecule has 0 atom stereocenters. The maximum absolute atomic E-state index is 4.23. The summed E-state index contributed by atoms with van der Waals surface area (Å²) in [5.41, 5.74) is 9.85. The molecule has 0 aromatic carbocycles. The van der Waals surface area contributed by atoms with Crippen molar-refractivity contribution in [2.45, 2.75) is 589 Å². The molecule has 0 saturated carbocycles. The molecule has 24 heteroatoms. The molecule has 24 nitrogen and oxygen atoms in total. The monoisotopic (exact) mass is 2020 g/mol. The van der Waals surface area contributed by atoms with Gasteiger partial charge in [-0.15, -0.1) is 40.8 Å². The number of hydrogen-bond donors (Lipinski definition) is 0. The Bertz CT molecular complexity index is 3930. The first kappa shape index (κ1) is 136. The molecule has 0 spiro atoms. The van der Waals surface area contributed by atoms with Crippen molar-refractivity contribution in [3.05, 3.63) is 95.1 Å². The Morgan fingerprint density at radius 2 is 0.352 bits per heavy atom. The van der Waals surface area contributed by atoms with E-state index in [0.29, 0.717) is 11.8 Å². The van der Waals surface area contributed by atoms with Crippen LogP contribution in [0.2, 0.25) is 0 Å². The number of rotatable bonds is 73. The van der Waals surface area contributed by atoms with E-state index in [2.05, 4.69) is 348 Å². The Morgan fingerprint density at radius 1 is 0.159 bits per heavy atom. The van der Waals surface area contributed by atoms with Gasteiger partial charge in [-0.25, -0.2) is 18.7 Å². The zero-order valence-corrected chi connectivity index (χ0v) is 101. The van der Waals surface area contributed by atoms with Crippen LogP contribution >= 0.6 is 0 Å². The molecular formula is C121H234N24. The number of hydrogen-bond acceptors (Lipinski definition) is 16. The molecule has 8 heterocycles. The molecule has 0 amide bonds. The van der Waals surface area contributed by atoms with Gasteiger partial charge in [0.2, 0.25) is 0 Å². The molecule has 0 radical (unpaired) electrons. The Balaban J connectivity index is 0.000000829. The lowest BCUT2D eigenvalue weighted by Gasteiger charge is -2.08. The zero-order chi connectivity index (χ0) is 108. The quantitative estimate of drug-likeness (QED) is 0.0322. The summed E-state index contributed by atoms with van der Waals surface area (Å²) in [6.45, 7) is 80.7. The second-order valence-electron chi connectivity index (χ2n) is 49.5. The van der Waals surface area contributed by atoms with Crippen molar-refractivity contribution < 1.29 is 0 Å². The number of unbranched alkanes of at least 4 members (excludes halogenated alkanes) is 16. The van der Waals surface area contributed by atoms with Gasteiger partial charge in [-0.05, 0) is 249 Å². The molecule has 8 aromatic heterocycles. The van der Waals surface area contributed by atoms with Gasteiger partial charge in [0.15, 0.2) is 0 Å². The molecular weight excluding hydrogens is 1790 g/mol. The minimum absolute atomic E-state index is 0.635. The molecule has 0 unspecified atom stereocenters. The summed E-state index contributed by atoms with van der Waals surface area (Å²) in [5, 5.41) is 66.6. The molecule has 838 valence electrons. The largest absolute Gasteiger partial charge is 0.252 e. The average Bonchev–Trinajstić information content (AvgIpc) is 1.80. The summed E-state index contributed by atoms with van der Waals surface area (Å²) in [5.74, 6) is 12.5. The Hall–Kier alpha value is -6.88. The van der Waals surface area contributed by atoms with E-state index in [0.717, 1.165) is 209 Å². The van der Waals surface area contributed by atoms with E-state index in [9.17, 15) is 0 Å². The lowest BCUT2D eigenvalue weighted by Crippen LogP contribution is -2.07. The topological polar surface area (TPSA) is 246 Å². The van der Waals surface area contributed by atoms with E-state index in [1.165, 1.54) is 286 Å². The van der Waals surface area contributed by atoms with Crippen LogP contribution in [0.4, 0.5) is 0 Å². The summed E-state index contributed by atoms with van der Waals surface area (Å²) in [6.07, 6.45) is 78.3. The minimum Gasteiger partial charge on any atom is -0.252 e. The number of nitrogens with zero attached hydrogens (tertiary/aromatic N) is 24. The summed E-state index contributed by atoms with van der Waals surface area (Å²) in [7, 11) is 0. The van der Waals surface area contributed by atoms with E-state index >= 15 is 0 Å². The van der Waals surface area contributed by atoms with Crippen LogP contribution < -0.4 is 0 Å². The van der Waals surface area contributed by atoms with E-state index < -0.39 is 0 Å². The first-order valence-electron chi connectivity index (χ1n) is 60.2. The molecule has 0 saturated heterocycles. The van der Waals surface area contributed by atoms with Gasteiger partial charge < -0.3 is 0 Å². The molecule has 0 N–H and O–H groups in total. The minimum atomic E-state index is 0.635. The summed E-state index contributed by atoms with van der Waals surface area (Å²) in [6, 6.07) is 0. The molecule has 145 heavy (non-hydrogen) atoms. The van der Waals surface area contributed by atoms with Crippen molar-refractivity contribution in [2.24, 2.45) is 94.7 Å². The SMILES string of the molecule is CC(C)CCCCCCc1cnnn1CCC(C)C.CC(C)CCCCCCc1cnnn1CCC(C)C.CC(C)CCCCCc1cn(CC(C)C)nn1.CC(C)CCCCCc1cn(CC(C)C)nn1.CC(C)CCCCCc1cnnn1CCCC(C)C.CC(C)CCCCCc1cnnn1CCCCC(C)C.CC(C)CCCCc1cn(CCC(C)C)nn1.CC(C)CCCc1cn(CCCC(C)C)nn1. The molecule has 8 rings (SSSR count). The van der Waals surface area contributed by atoms with Gasteiger partial charge in [0.25, 0.3) is 0 Å². The Kier molecular flexibility index (Phi) is 82.4. The molecule has 8 aromatic rings. The number of aromatic nitrogens is 24. The van der Waals surface area contributed by atoms with Crippen molar-refractivity contribution in [1.82, 2.24) is 120 Å². The van der Waals surface area contributed by atoms with Gasteiger partial charge in [-0.3, -0.25) is 18.7 Å². The van der Waals surface area contributed by atoms with Crippen LogP contribution in [0, 0.1) is 94.7 Å². The van der Waals surface area contributed by atoms with Crippen molar-refractivity contribution in [3.8, 4) is 0 Å². The Labute approximate surface area is 893 Å². The van der Waals surface area contributed by atoms with Crippen molar-refractivity contribution in [3.63, 3.8) is 0 Å². The fourth-order valence-electron chi connectivity index (χ4n) is 17.0. The maximum Gasteiger partial charge on any atom is 0.0827 e. The highest BCUT2D eigenvalue weighted by Gasteiger charge is 2.14. The average molecular weight is 2030 g/mol. The summed E-state index contributed by atoms with van der Waals surface area (Å²) >= 11 is 0. The van der Waals surface area contributed by atoms with E-state index in [-0.39, 0.29) is 0 Å². The third-order valence-corrected chi connectivity index (χ3v) is 26.2. The molecule has 0 aliphatic heterocycles. The highest BCUT2D eigenvalue weighted by Crippen LogP contribution is 2.22. The van der Waals surface area contributed by atoms with Crippen LogP contribution in [0.15, 0.2) is 49.6 Å². The second kappa shape index (κ2) is 87.8. The number of aryl methyl sites for hydroxylation is 14. The van der Waals surface area contributed by atoms with Crippen LogP contribution in [0.25, 0.3) is 0 Å². The zero-order valence-electron chi connectivity index (χ0n) is 101. The predicted molar refractivity (Wildman–Crippen MR) is 617 cm³/mol. The highest BCUT2D eigenvalue weighted by atomic mass is 15.5. The first-order valence-corrected chi connectivity index (χ1v) is 60.2. The fraction of sp³-hybridized carbons (Fsp3) is 0.868. The van der Waals surface area contributed by atoms with Crippen LogP contribution in [0.5, 0.6) is 0 Å². The fourth-order valence-corrected chi connectivity index (χ4v) is 17.0. The normalized spacial score (nSPS) is 11.7. The van der Waals surface area contributed by atoms with E-state index in [1.807, 2.05) is 43.5 Å². The summed E-state index contributed by atoms with van der Waals surface area (Å²) < 4.78 is 16.3. The van der Waals surface area contributed by atoms with Gasteiger partial charge >= 0.3 is 0 Å². The standard InChI is InChI=1S/C17H33N3.3C16H31N3.4C14H27N3/c1-15(2)10-6-5-7-12-17-14-18-19-20(17)13-9-8-11-16(3)4;1-14(2)9-6-5-7-11-16-13-17-18-19(16)12-8-10-15(3)4;2*1-14(2)9-7-5-6-8-10-16-13-17-18-19(16)12-11-15(3)4;1-12(2)7-5-9-14-11-17(16-15-14)10-6-8-13(3)4;1-12(2)7-5-6-8-14-11-17(16-15-14)10-9-13(3)4;2*1-12(2)8-6-5-7-9-14-11-17(16-15-14)10-13(3)4/h14-16H,5-13H2,1-4H3;3*13-15H,5-12H2,1-4H3;4*11-13H,5-10H2,1-4H3. The van der Waals surface area contributed by atoms with Crippen LogP contribution in [-0.2, 0) is 104 Å². The molecule has 0 bridgehead atoms. The first-order chi connectivity index (χ1) is 69.2. The van der Waals surface area contributed by atoms with Gasteiger partial charge in [0.05, 0.1) is 70.3 Å². The molecule has 0 fully saturated rings. The predicted octanol–water partition coefficient (Wildman–Crippen LogP) is 33.1. The van der Waals surface area contributed by atoms with E-state index in [1.54, 1.807) is 0 Å². The highest BCUT2D eigenvalue weighted by molar-refractivity contribution is 4.99. The van der Waals surface area contributed by atoms with Crippen molar-refractivity contribution >= 4 is 0 Å². The third-order valence-electron chi connectivity index (χ3n) is 26.2.